The van der Waals surface area contributed by atoms with Crippen LogP contribution in [0.15, 0.2) is 24.3 Å². The van der Waals surface area contributed by atoms with Crippen molar-refractivity contribution in [3.05, 3.63) is 29.8 Å². The van der Waals surface area contributed by atoms with Crippen molar-refractivity contribution in [2.75, 3.05) is 23.2 Å². The monoisotopic (exact) mass is 284 g/mol. The van der Waals surface area contributed by atoms with Crippen LogP contribution in [0, 0.1) is 11.3 Å². The first-order chi connectivity index (χ1) is 8.92. The molecule has 19 heavy (non-hydrogen) atoms. The quantitative estimate of drug-likeness (QED) is 0.761. The van der Waals surface area contributed by atoms with Crippen molar-refractivity contribution in [1.82, 2.24) is 0 Å². The third-order valence-corrected chi connectivity index (χ3v) is 3.85. The van der Waals surface area contributed by atoms with E-state index in [1.54, 1.807) is 6.07 Å². The van der Waals surface area contributed by atoms with Gasteiger partial charge in [0.15, 0.2) is 5.75 Å². The van der Waals surface area contributed by atoms with E-state index in [4.69, 9.17) is 15.5 Å². The minimum Gasteiger partial charge on any atom is -0.478 e. The first kappa shape index (κ1) is 14.9. The smallest absolute Gasteiger partial charge is 0.335 e. The van der Waals surface area contributed by atoms with Gasteiger partial charge in [-0.15, -0.1) is 0 Å². The van der Waals surface area contributed by atoms with E-state index in [9.17, 15) is 13.2 Å². The van der Waals surface area contributed by atoms with Crippen LogP contribution < -0.4 is 4.31 Å². The lowest BCUT2D eigenvalue weighted by Gasteiger charge is -2.22. The Morgan fingerprint density at radius 3 is 2.32 bits per heavy atom. The molecule has 0 radical (unpaired) electrons. The molecule has 0 fully saturated rings. The highest BCUT2D eigenvalue weighted by atomic mass is 32.2. The maximum absolute atomic E-state index is 11.8. The van der Waals surface area contributed by atoms with Gasteiger partial charge in [-0.3, -0.25) is 4.31 Å². The molecule has 1 rings (SSSR count). The highest BCUT2D eigenvalue weighted by Gasteiger charge is 2.21. The Hall–Kier alpha value is -2.11. The van der Waals surface area contributed by atoms with E-state index in [0.29, 0.717) is 0 Å². The van der Waals surface area contributed by atoms with Gasteiger partial charge in [0, 0.05) is 0 Å². The van der Waals surface area contributed by atoms with Gasteiger partial charge in [0.1, 0.15) is 0 Å². The summed E-state index contributed by atoms with van der Waals surface area (Å²) in [4.78, 5) is 10.7. The Bertz CT molecular complexity index is 589. The van der Waals surface area contributed by atoms with E-state index in [-0.39, 0.29) is 17.8 Å². The van der Waals surface area contributed by atoms with E-state index in [0.717, 1.165) is 4.31 Å². The predicted molar refractivity (Wildman–Crippen MR) is 67.2 cm³/mol. The molecule has 0 amide bonds. The summed E-state index contributed by atoms with van der Waals surface area (Å²) in [6.45, 7) is -0.609. The number of hydrogen-bond donors (Lipinski definition) is 2. The molecule has 1 aromatic carbocycles. The van der Waals surface area contributed by atoms with Crippen LogP contribution >= 0.6 is 0 Å². The Labute approximate surface area is 110 Å². The van der Waals surface area contributed by atoms with Gasteiger partial charge in [-0.2, -0.15) is 5.26 Å². The standard InChI is InChI=1S/C11H12N2O5S/c12-5-8-19(17,18)13(6-7-14)10-3-1-9(2-4-10)11(15)16/h1-4,14H,6-8H2,(H,15,16). The Balaban J connectivity index is 3.13. The third-order valence-electron chi connectivity index (χ3n) is 2.29. The molecule has 0 spiro atoms. The molecule has 1 aromatic rings. The van der Waals surface area contributed by atoms with Crippen LogP contribution in [0.25, 0.3) is 0 Å². The summed E-state index contributed by atoms with van der Waals surface area (Å²) in [5.74, 6) is -1.84. The molecule has 0 heterocycles. The van der Waals surface area contributed by atoms with Crippen molar-refractivity contribution >= 4 is 21.7 Å². The molecule has 0 aliphatic heterocycles. The van der Waals surface area contributed by atoms with Crippen LogP contribution in [0.4, 0.5) is 5.69 Å². The van der Waals surface area contributed by atoms with Crippen molar-refractivity contribution < 1.29 is 23.4 Å². The number of rotatable bonds is 6. The molecule has 0 aromatic heterocycles. The zero-order valence-corrected chi connectivity index (χ0v) is 10.7. The number of anilines is 1. The summed E-state index contributed by atoms with van der Waals surface area (Å²) in [6, 6.07) is 6.68. The fourth-order valence-corrected chi connectivity index (χ4v) is 2.57. The van der Waals surface area contributed by atoms with Gasteiger partial charge < -0.3 is 10.2 Å². The molecule has 0 saturated carbocycles. The summed E-state index contributed by atoms with van der Waals surface area (Å²) in [6.07, 6.45) is 0. The first-order valence-electron chi connectivity index (χ1n) is 5.24. The second kappa shape index (κ2) is 6.17. The molecule has 0 bridgehead atoms. The summed E-state index contributed by atoms with van der Waals surface area (Å²) >= 11 is 0. The number of aliphatic hydroxyl groups is 1. The van der Waals surface area contributed by atoms with E-state index in [1.807, 2.05) is 0 Å². The fraction of sp³-hybridized carbons (Fsp3) is 0.273. The number of carboxylic acids is 1. The van der Waals surface area contributed by atoms with Gasteiger partial charge in [0.05, 0.1) is 30.5 Å². The highest BCUT2D eigenvalue weighted by molar-refractivity contribution is 7.93. The van der Waals surface area contributed by atoms with E-state index >= 15 is 0 Å². The van der Waals surface area contributed by atoms with Crippen LogP contribution in [0.3, 0.4) is 0 Å². The minimum absolute atomic E-state index is 0.0189. The Morgan fingerprint density at radius 2 is 1.89 bits per heavy atom. The summed E-state index contributed by atoms with van der Waals surface area (Å²) in [5, 5.41) is 26.1. The number of nitriles is 1. The van der Waals surface area contributed by atoms with Crippen molar-refractivity contribution in [2.45, 2.75) is 0 Å². The lowest BCUT2D eigenvalue weighted by molar-refractivity contribution is 0.0697. The van der Waals surface area contributed by atoms with E-state index in [2.05, 4.69) is 0 Å². The van der Waals surface area contributed by atoms with Crippen LogP contribution in [-0.2, 0) is 10.0 Å². The number of carbonyl (C=O) groups is 1. The number of aromatic carboxylic acids is 1. The average molecular weight is 284 g/mol. The molecule has 0 aliphatic rings. The van der Waals surface area contributed by atoms with Crippen LogP contribution in [0.1, 0.15) is 10.4 Å². The number of aliphatic hydroxyl groups excluding tert-OH is 1. The fourth-order valence-electron chi connectivity index (χ4n) is 1.45. The van der Waals surface area contributed by atoms with Crippen LogP contribution in [0.5, 0.6) is 0 Å². The lowest BCUT2D eigenvalue weighted by Crippen LogP contribution is -2.35. The SMILES string of the molecule is N#CCS(=O)(=O)N(CCO)c1ccc(C(=O)O)cc1. The number of hydrogen-bond acceptors (Lipinski definition) is 5. The molecule has 0 atom stereocenters. The second-order valence-corrected chi connectivity index (χ2v) is 5.46. The maximum Gasteiger partial charge on any atom is 0.335 e. The summed E-state index contributed by atoms with van der Waals surface area (Å²) < 4.78 is 24.5. The first-order valence-corrected chi connectivity index (χ1v) is 6.85. The number of carboxylic acid groups (broad SMARTS) is 1. The topological polar surface area (TPSA) is 119 Å². The molecular formula is C11H12N2O5S. The maximum atomic E-state index is 11.8. The molecule has 0 aliphatic carbocycles. The van der Waals surface area contributed by atoms with Crippen molar-refractivity contribution in [3.63, 3.8) is 0 Å². The minimum atomic E-state index is -3.86. The van der Waals surface area contributed by atoms with Gasteiger partial charge in [0.2, 0.25) is 10.0 Å². The van der Waals surface area contributed by atoms with Gasteiger partial charge in [-0.05, 0) is 24.3 Å². The second-order valence-electron chi connectivity index (χ2n) is 3.56. The normalized spacial score (nSPS) is 10.7. The summed E-state index contributed by atoms with van der Waals surface area (Å²) in [7, 11) is -3.86. The summed E-state index contributed by atoms with van der Waals surface area (Å²) in [5.41, 5.74) is 0.222. The number of sulfonamides is 1. The highest BCUT2D eigenvalue weighted by Crippen LogP contribution is 2.19. The Morgan fingerprint density at radius 1 is 1.32 bits per heavy atom. The molecule has 8 heteroatoms. The Kier molecular flexibility index (Phi) is 4.86. The molecule has 7 nitrogen and oxygen atoms in total. The lowest BCUT2D eigenvalue weighted by atomic mass is 10.2. The zero-order valence-electron chi connectivity index (χ0n) is 9.85. The van der Waals surface area contributed by atoms with Crippen molar-refractivity contribution in [1.29, 1.82) is 5.26 Å². The van der Waals surface area contributed by atoms with E-state index in [1.165, 1.54) is 24.3 Å². The van der Waals surface area contributed by atoms with E-state index < -0.39 is 28.4 Å². The predicted octanol–water partition coefficient (Wildman–Crippen LogP) is 0.0369. The average Bonchev–Trinajstić information content (AvgIpc) is 2.36. The number of benzene rings is 1. The van der Waals surface area contributed by atoms with Gasteiger partial charge >= 0.3 is 5.97 Å². The molecule has 0 saturated heterocycles. The van der Waals surface area contributed by atoms with Crippen molar-refractivity contribution in [3.8, 4) is 6.07 Å². The van der Waals surface area contributed by atoms with Gasteiger partial charge in [-0.25, -0.2) is 13.2 Å². The third kappa shape index (κ3) is 3.67. The van der Waals surface area contributed by atoms with Gasteiger partial charge in [-0.1, -0.05) is 0 Å². The van der Waals surface area contributed by atoms with Crippen molar-refractivity contribution in [2.24, 2.45) is 0 Å². The molecule has 2 N–H and O–H groups in total. The largest absolute Gasteiger partial charge is 0.478 e. The van der Waals surface area contributed by atoms with Gasteiger partial charge in [0.25, 0.3) is 0 Å². The molecule has 0 unspecified atom stereocenters. The number of nitrogens with zero attached hydrogens (tertiary/aromatic N) is 2. The van der Waals surface area contributed by atoms with Crippen LogP contribution in [-0.4, -0.2) is 43.5 Å². The zero-order chi connectivity index (χ0) is 14.5. The van der Waals surface area contributed by atoms with Crippen LogP contribution in [0.2, 0.25) is 0 Å². The molecular weight excluding hydrogens is 272 g/mol. The molecule has 102 valence electrons.